The Balaban J connectivity index is 2.08. The summed E-state index contributed by atoms with van der Waals surface area (Å²) in [6.45, 7) is 0.907. The van der Waals surface area contributed by atoms with Crippen LogP contribution in [0, 0.1) is 11.6 Å². The van der Waals surface area contributed by atoms with E-state index in [1.54, 1.807) is 0 Å². The lowest BCUT2D eigenvalue weighted by Gasteiger charge is -2.31. The van der Waals surface area contributed by atoms with E-state index < -0.39 is 26.6 Å². The quantitative estimate of drug-likeness (QED) is 0.774. The number of hydrogen-bond donors (Lipinski definition) is 0. The molecular formula is C13H16ClF2NO3S. The van der Waals surface area contributed by atoms with E-state index in [1.165, 1.54) is 4.31 Å². The molecule has 8 heteroatoms. The lowest BCUT2D eigenvalue weighted by atomic mass is 10.1. The molecule has 0 bridgehead atoms. The molecule has 118 valence electrons. The van der Waals surface area contributed by atoms with E-state index in [1.807, 2.05) is 0 Å². The second kappa shape index (κ2) is 7.00. The zero-order valence-corrected chi connectivity index (χ0v) is 12.8. The van der Waals surface area contributed by atoms with Gasteiger partial charge in [-0.1, -0.05) is 0 Å². The molecule has 0 aliphatic carbocycles. The van der Waals surface area contributed by atoms with Crippen molar-refractivity contribution in [2.24, 2.45) is 0 Å². The van der Waals surface area contributed by atoms with Crippen LogP contribution in [0.4, 0.5) is 8.78 Å². The Hall–Kier alpha value is -0.760. The van der Waals surface area contributed by atoms with Crippen molar-refractivity contribution in [3.63, 3.8) is 0 Å². The first kappa shape index (κ1) is 16.6. The van der Waals surface area contributed by atoms with Gasteiger partial charge in [-0.25, -0.2) is 17.2 Å². The molecular weight excluding hydrogens is 324 g/mol. The van der Waals surface area contributed by atoms with Crippen LogP contribution in [0.25, 0.3) is 0 Å². The minimum absolute atomic E-state index is 0.0340. The Bertz CT molecular complexity index is 589. The SMILES string of the molecule is O=S(=O)(c1ccc(F)cc1F)N1CCC(OCCCl)CC1. The largest absolute Gasteiger partial charge is 0.377 e. The van der Waals surface area contributed by atoms with Crippen molar-refractivity contribution in [1.29, 1.82) is 0 Å². The van der Waals surface area contributed by atoms with E-state index in [9.17, 15) is 17.2 Å². The number of hydrogen-bond acceptors (Lipinski definition) is 3. The van der Waals surface area contributed by atoms with E-state index in [2.05, 4.69) is 0 Å². The van der Waals surface area contributed by atoms with Gasteiger partial charge in [-0.15, -0.1) is 11.6 Å². The third-order valence-corrected chi connectivity index (χ3v) is 5.43. The highest BCUT2D eigenvalue weighted by Crippen LogP contribution is 2.24. The van der Waals surface area contributed by atoms with Gasteiger partial charge in [0.1, 0.15) is 16.5 Å². The topological polar surface area (TPSA) is 46.6 Å². The first-order valence-corrected chi connectivity index (χ1v) is 8.55. The average Bonchev–Trinajstić information content (AvgIpc) is 2.45. The summed E-state index contributed by atoms with van der Waals surface area (Å²) in [5.74, 6) is -1.49. The number of sulfonamides is 1. The van der Waals surface area contributed by atoms with Crippen molar-refractivity contribution in [3.8, 4) is 0 Å². The highest BCUT2D eigenvalue weighted by atomic mass is 35.5. The van der Waals surface area contributed by atoms with Gasteiger partial charge in [-0.2, -0.15) is 4.31 Å². The van der Waals surface area contributed by atoms with Crippen molar-refractivity contribution < 1.29 is 21.9 Å². The van der Waals surface area contributed by atoms with Crippen molar-refractivity contribution in [2.45, 2.75) is 23.8 Å². The van der Waals surface area contributed by atoms with Crippen LogP contribution in [0.3, 0.4) is 0 Å². The van der Waals surface area contributed by atoms with Gasteiger partial charge < -0.3 is 4.74 Å². The molecule has 21 heavy (non-hydrogen) atoms. The number of ether oxygens (including phenoxy) is 1. The van der Waals surface area contributed by atoms with Crippen molar-refractivity contribution in [3.05, 3.63) is 29.8 Å². The van der Waals surface area contributed by atoms with Crippen LogP contribution in [-0.4, -0.2) is 44.4 Å². The molecule has 1 saturated heterocycles. The van der Waals surface area contributed by atoms with Crippen molar-refractivity contribution in [1.82, 2.24) is 4.31 Å². The monoisotopic (exact) mass is 339 g/mol. The van der Waals surface area contributed by atoms with E-state index in [0.717, 1.165) is 12.1 Å². The van der Waals surface area contributed by atoms with Gasteiger partial charge in [0.2, 0.25) is 10.0 Å². The molecule has 1 aromatic carbocycles. The van der Waals surface area contributed by atoms with Gasteiger partial charge in [-0.3, -0.25) is 0 Å². The summed E-state index contributed by atoms with van der Waals surface area (Å²) in [6.07, 6.45) is 1.02. The number of benzene rings is 1. The Morgan fingerprint density at radius 3 is 2.52 bits per heavy atom. The molecule has 0 amide bonds. The smallest absolute Gasteiger partial charge is 0.245 e. The van der Waals surface area contributed by atoms with Gasteiger partial charge in [0.15, 0.2) is 0 Å². The second-order valence-corrected chi connectivity index (χ2v) is 7.02. The number of rotatable bonds is 5. The minimum atomic E-state index is -3.94. The highest BCUT2D eigenvalue weighted by molar-refractivity contribution is 7.89. The molecule has 0 spiro atoms. The maximum absolute atomic E-state index is 13.7. The highest BCUT2D eigenvalue weighted by Gasteiger charge is 2.31. The molecule has 0 aromatic heterocycles. The molecule has 0 unspecified atom stereocenters. The van der Waals surface area contributed by atoms with Gasteiger partial charge >= 0.3 is 0 Å². The van der Waals surface area contributed by atoms with Crippen LogP contribution < -0.4 is 0 Å². The molecule has 0 atom stereocenters. The van der Waals surface area contributed by atoms with E-state index in [4.69, 9.17) is 16.3 Å². The molecule has 0 saturated carbocycles. The fourth-order valence-electron chi connectivity index (χ4n) is 2.27. The molecule has 2 rings (SSSR count). The van der Waals surface area contributed by atoms with E-state index >= 15 is 0 Å². The second-order valence-electron chi connectivity index (χ2n) is 4.74. The van der Waals surface area contributed by atoms with Crippen LogP contribution >= 0.6 is 11.6 Å². The summed E-state index contributed by atoms with van der Waals surface area (Å²) in [4.78, 5) is -0.496. The minimum Gasteiger partial charge on any atom is -0.377 e. The standard InChI is InChI=1S/C13H16ClF2NO3S/c14-5-8-20-11-3-6-17(7-4-11)21(18,19)13-2-1-10(15)9-12(13)16/h1-2,9,11H,3-8H2. The molecule has 1 aliphatic rings. The third-order valence-electron chi connectivity index (χ3n) is 3.34. The Kier molecular flexibility index (Phi) is 5.54. The lowest BCUT2D eigenvalue weighted by Crippen LogP contribution is -2.41. The average molecular weight is 340 g/mol. The normalized spacial score (nSPS) is 18.0. The molecule has 0 N–H and O–H groups in total. The van der Waals surface area contributed by atoms with Gasteiger partial charge in [-0.05, 0) is 25.0 Å². The maximum atomic E-state index is 13.7. The number of halogens is 3. The number of alkyl halides is 1. The van der Waals surface area contributed by atoms with Crippen molar-refractivity contribution in [2.75, 3.05) is 25.6 Å². The van der Waals surface area contributed by atoms with Crippen LogP contribution in [0.1, 0.15) is 12.8 Å². The van der Waals surface area contributed by atoms with Gasteiger partial charge in [0.25, 0.3) is 0 Å². The summed E-state index contributed by atoms with van der Waals surface area (Å²) in [5.41, 5.74) is 0. The molecule has 1 aromatic rings. The summed E-state index contributed by atoms with van der Waals surface area (Å²) in [5, 5.41) is 0. The molecule has 0 radical (unpaired) electrons. The van der Waals surface area contributed by atoms with Crippen LogP contribution in [0.2, 0.25) is 0 Å². The Morgan fingerprint density at radius 2 is 1.95 bits per heavy atom. The zero-order chi connectivity index (χ0) is 15.5. The van der Waals surface area contributed by atoms with Crippen molar-refractivity contribution >= 4 is 21.6 Å². The molecule has 4 nitrogen and oxygen atoms in total. The van der Waals surface area contributed by atoms with Crippen LogP contribution in [0.15, 0.2) is 23.1 Å². The Labute approximate surface area is 127 Å². The zero-order valence-electron chi connectivity index (χ0n) is 11.3. The first-order valence-electron chi connectivity index (χ1n) is 6.58. The maximum Gasteiger partial charge on any atom is 0.245 e. The number of piperidine rings is 1. The fourth-order valence-corrected chi connectivity index (χ4v) is 3.88. The summed E-state index contributed by atoms with van der Waals surface area (Å²) < 4.78 is 57.9. The van der Waals surface area contributed by atoms with Crippen LogP contribution in [-0.2, 0) is 14.8 Å². The third kappa shape index (κ3) is 3.91. The van der Waals surface area contributed by atoms with Gasteiger partial charge in [0.05, 0.1) is 12.7 Å². The van der Waals surface area contributed by atoms with Gasteiger partial charge in [0, 0.05) is 25.0 Å². The van der Waals surface area contributed by atoms with E-state index in [0.29, 0.717) is 31.4 Å². The van der Waals surface area contributed by atoms with Crippen LogP contribution in [0.5, 0.6) is 0 Å². The number of nitrogens with zero attached hydrogens (tertiary/aromatic N) is 1. The fraction of sp³-hybridized carbons (Fsp3) is 0.538. The first-order chi connectivity index (χ1) is 9.95. The van der Waals surface area contributed by atoms with E-state index in [-0.39, 0.29) is 19.2 Å². The predicted octanol–water partition coefficient (Wildman–Crippen LogP) is 2.37. The summed E-state index contributed by atoms with van der Waals surface area (Å²) in [6, 6.07) is 2.46. The Morgan fingerprint density at radius 1 is 1.29 bits per heavy atom. The summed E-state index contributed by atoms with van der Waals surface area (Å²) >= 11 is 5.53. The lowest BCUT2D eigenvalue weighted by molar-refractivity contribution is 0.0301. The predicted molar refractivity (Wildman–Crippen MR) is 74.8 cm³/mol. The molecule has 1 heterocycles. The summed E-state index contributed by atoms with van der Waals surface area (Å²) in [7, 11) is -3.94. The molecule has 1 fully saturated rings. The molecule has 1 aliphatic heterocycles.